The predicted molar refractivity (Wildman–Crippen MR) is 77.4 cm³/mol. The lowest BCUT2D eigenvalue weighted by Gasteiger charge is -2.29. The van der Waals surface area contributed by atoms with E-state index in [2.05, 4.69) is 37.9 Å². The fraction of sp³-hybridized carbons (Fsp3) is 0.467. The summed E-state index contributed by atoms with van der Waals surface area (Å²) in [6.45, 7) is 10.2. The first-order chi connectivity index (χ1) is 8.82. The summed E-state index contributed by atoms with van der Waals surface area (Å²) in [7, 11) is 0. The molecule has 0 aliphatic carbocycles. The van der Waals surface area contributed by atoms with Gasteiger partial charge in [0.05, 0.1) is 0 Å². The van der Waals surface area contributed by atoms with Gasteiger partial charge in [-0.25, -0.2) is 4.79 Å². The molecule has 0 bridgehead atoms. The highest BCUT2D eigenvalue weighted by molar-refractivity contribution is 6.03. The minimum atomic E-state index is -0.241. The second-order valence-electron chi connectivity index (χ2n) is 5.52. The smallest absolute Gasteiger partial charge is 0.346 e. The number of amides is 2. The molecular weight excluding hydrogens is 238 g/mol. The minimum absolute atomic E-state index is 0.0725. The van der Waals surface area contributed by atoms with Gasteiger partial charge in [-0.1, -0.05) is 12.1 Å². The predicted octanol–water partition coefficient (Wildman–Crippen LogP) is 2.85. The Morgan fingerprint density at radius 2 is 1.74 bits per heavy atom. The van der Waals surface area contributed by atoms with E-state index in [1.807, 2.05) is 13.8 Å². The zero-order valence-electron chi connectivity index (χ0n) is 12.2. The first-order valence-electron chi connectivity index (χ1n) is 6.57. The van der Waals surface area contributed by atoms with Crippen LogP contribution in [0.25, 0.3) is 0 Å². The van der Waals surface area contributed by atoms with Crippen molar-refractivity contribution in [3.05, 3.63) is 34.4 Å². The van der Waals surface area contributed by atoms with E-state index in [-0.39, 0.29) is 18.1 Å². The molecule has 4 heteroatoms. The van der Waals surface area contributed by atoms with Crippen molar-refractivity contribution in [2.75, 3.05) is 0 Å². The highest BCUT2D eigenvalue weighted by atomic mass is 16.2. The molecule has 4 nitrogen and oxygen atoms in total. The third-order valence-corrected chi connectivity index (χ3v) is 3.74. The van der Waals surface area contributed by atoms with Crippen LogP contribution in [0.2, 0.25) is 0 Å². The number of nitrogens with two attached hydrogens (primary N) is 1. The Labute approximate surface area is 114 Å². The van der Waals surface area contributed by atoms with Crippen molar-refractivity contribution >= 4 is 11.9 Å². The molecule has 102 valence electrons. The van der Waals surface area contributed by atoms with Gasteiger partial charge in [0.1, 0.15) is 11.9 Å². The Balaban J connectivity index is 2.54. The molecule has 1 aliphatic rings. The highest BCUT2D eigenvalue weighted by Gasteiger charge is 2.37. The number of hydrogen-bond donors (Lipinski definition) is 1. The number of benzene rings is 1. The van der Waals surface area contributed by atoms with Crippen LogP contribution < -0.4 is 5.73 Å². The second kappa shape index (κ2) is 4.68. The van der Waals surface area contributed by atoms with Crippen molar-refractivity contribution in [3.8, 4) is 0 Å². The Kier molecular flexibility index (Phi) is 3.35. The van der Waals surface area contributed by atoms with E-state index < -0.39 is 0 Å². The lowest BCUT2D eigenvalue weighted by Crippen LogP contribution is -2.38. The summed E-state index contributed by atoms with van der Waals surface area (Å²) in [6, 6.07) is 3.86. The van der Waals surface area contributed by atoms with Gasteiger partial charge >= 0.3 is 6.03 Å². The van der Waals surface area contributed by atoms with Gasteiger partial charge in [-0.15, -0.1) is 0 Å². The van der Waals surface area contributed by atoms with Crippen molar-refractivity contribution < 1.29 is 4.79 Å². The van der Waals surface area contributed by atoms with Crippen molar-refractivity contribution in [2.24, 2.45) is 10.7 Å². The molecule has 2 N–H and O–H groups in total. The van der Waals surface area contributed by atoms with Crippen molar-refractivity contribution in [2.45, 2.75) is 46.7 Å². The maximum atomic E-state index is 11.9. The molecule has 1 aromatic rings. The SMILES string of the molecule is Cc1cc(C)c(C2C(N)=NC(=O)N2C(C)C)cc1C. The summed E-state index contributed by atoms with van der Waals surface area (Å²) < 4.78 is 0. The number of aryl methyl sites for hydroxylation is 3. The molecule has 1 aromatic carbocycles. The largest absolute Gasteiger partial charge is 0.385 e. The average Bonchev–Trinajstić information content (AvgIpc) is 2.59. The number of urea groups is 1. The third kappa shape index (κ3) is 2.23. The molecule has 0 fully saturated rings. The maximum Gasteiger partial charge on any atom is 0.346 e. The Morgan fingerprint density at radius 3 is 2.32 bits per heavy atom. The number of amidine groups is 1. The summed E-state index contributed by atoms with van der Waals surface area (Å²) >= 11 is 0. The molecule has 1 atom stereocenters. The zero-order valence-corrected chi connectivity index (χ0v) is 12.2. The molecule has 0 spiro atoms. The molecule has 0 aromatic heterocycles. The van der Waals surface area contributed by atoms with Gasteiger partial charge in [-0.3, -0.25) is 0 Å². The average molecular weight is 259 g/mol. The summed E-state index contributed by atoms with van der Waals surface area (Å²) in [4.78, 5) is 17.6. The lowest BCUT2D eigenvalue weighted by molar-refractivity contribution is 0.190. The maximum absolute atomic E-state index is 11.9. The van der Waals surface area contributed by atoms with E-state index in [0.29, 0.717) is 5.84 Å². The van der Waals surface area contributed by atoms with Gasteiger partial charge in [0.25, 0.3) is 0 Å². The number of carbonyl (C=O) groups excluding carboxylic acids is 1. The van der Waals surface area contributed by atoms with Crippen molar-refractivity contribution in [1.82, 2.24) is 4.90 Å². The summed E-state index contributed by atoms with van der Waals surface area (Å²) in [5, 5.41) is 0. The van der Waals surface area contributed by atoms with Crippen molar-refractivity contribution in [3.63, 3.8) is 0 Å². The lowest BCUT2D eigenvalue weighted by atomic mass is 9.94. The Morgan fingerprint density at radius 1 is 1.16 bits per heavy atom. The first-order valence-corrected chi connectivity index (χ1v) is 6.57. The normalized spacial score (nSPS) is 19.3. The zero-order chi connectivity index (χ0) is 14.3. The molecule has 1 aliphatic heterocycles. The van der Waals surface area contributed by atoms with Gasteiger partial charge in [0.15, 0.2) is 0 Å². The third-order valence-electron chi connectivity index (χ3n) is 3.74. The van der Waals surface area contributed by atoms with Crippen LogP contribution in [0.15, 0.2) is 17.1 Å². The topological polar surface area (TPSA) is 58.7 Å². The number of nitrogens with zero attached hydrogens (tertiary/aromatic N) is 2. The Hall–Kier alpha value is -1.84. The summed E-state index contributed by atoms with van der Waals surface area (Å²) in [5.41, 5.74) is 10.6. The molecule has 1 unspecified atom stereocenters. The van der Waals surface area contributed by atoms with Crippen LogP contribution in [0, 0.1) is 20.8 Å². The molecule has 2 rings (SSSR count). The van der Waals surface area contributed by atoms with Gasteiger partial charge < -0.3 is 10.6 Å². The van der Waals surface area contributed by atoms with Crippen LogP contribution in [0.3, 0.4) is 0 Å². The molecule has 0 saturated carbocycles. The van der Waals surface area contributed by atoms with Crippen LogP contribution in [0.1, 0.15) is 42.1 Å². The van der Waals surface area contributed by atoms with Crippen LogP contribution in [-0.4, -0.2) is 22.8 Å². The van der Waals surface area contributed by atoms with E-state index in [1.54, 1.807) is 4.90 Å². The molecule has 0 radical (unpaired) electrons. The van der Waals surface area contributed by atoms with Crippen LogP contribution in [-0.2, 0) is 0 Å². The van der Waals surface area contributed by atoms with Crippen LogP contribution in [0.5, 0.6) is 0 Å². The molecule has 2 amide bonds. The number of rotatable bonds is 2. The monoisotopic (exact) mass is 259 g/mol. The fourth-order valence-electron chi connectivity index (χ4n) is 2.59. The quantitative estimate of drug-likeness (QED) is 0.887. The van der Waals surface area contributed by atoms with Gasteiger partial charge in [0.2, 0.25) is 0 Å². The highest BCUT2D eigenvalue weighted by Crippen LogP contribution is 2.32. The minimum Gasteiger partial charge on any atom is -0.385 e. The van der Waals surface area contributed by atoms with Gasteiger partial charge in [-0.05, 0) is 56.9 Å². The van der Waals surface area contributed by atoms with E-state index in [1.165, 1.54) is 11.1 Å². The molecule has 19 heavy (non-hydrogen) atoms. The molecule has 0 saturated heterocycles. The Bertz CT molecular complexity index is 561. The van der Waals surface area contributed by atoms with Crippen LogP contribution in [0.4, 0.5) is 4.79 Å². The standard InChI is InChI=1S/C15H21N3O/c1-8(2)18-13(14(16)17-15(18)19)12-7-10(4)9(3)6-11(12)5/h6-8,13H,1-5H3,(H2,16,17,19). The first kappa shape index (κ1) is 13.6. The number of hydrogen-bond acceptors (Lipinski definition) is 2. The van der Waals surface area contributed by atoms with E-state index in [9.17, 15) is 4.79 Å². The second-order valence-corrected chi connectivity index (χ2v) is 5.52. The van der Waals surface area contributed by atoms with Crippen molar-refractivity contribution in [1.29, 1.82) is 0 Å². The number of aliphatic imine (C=N–C) groups is 1. The van der Waals surface area contributed by atoms with E-state index in [4.69, 9.17) is 5.73 Å². The summed E-state index contributed by atoms with van der Waals surface area (Å²) in [5.74, 6) is 0.394. The van der Waals surface area contributed by atoms with E-state index in [0.717, 1.165) is 11.1 Å². The fourth-order valence-corrected chi connectivity index (χ4v) is 2.59. The van der Waals surface area contributed by atoms with Gasteiger partial charge in [-0.2, -0.15) is 4.99 Å². The van der Waals surface area contributed by atoms with Gasteiger partial charge in [0, 0.05) is 6.04 Å². The van der Waals surface area contributed by atoms with Crippen LogP contribution >= 0.6 is 0 Å². The molecular formula is C15H21N3O. The summed E-state index contributed by atoms with van der Waals surface area (Å²) in [6.07, 6.45) is 0. The molecule has 1 heterocycles. The van der Waals surface area contributed by atoms with E-state index >= 15 is 0 Å². The number of carbonyl (C=O) groups is 1.